The largest absolute Gasteiger partial charge is 0.389 e. The van der Waals surface area contributed by atoms with Crippen LogP contribution in [0.5, 0.6) is 0 Å². The SMILES string of the molecule is C[C@@H]1N[C@H](CCCc2ccc(Cl)cc2Cl)[C@@H](O)[C@H](O)[C@@H]1O. The molecule has 0 radical (unpaired) electrons. The van der Waals surface area contributed by atoms with Gasteiger partial charge in [-0.2, -0.15) is 0 Å². The highest BCUT2D eigenvalue weighted by molar-refractivity contribution is 6.35. The van der Waals surface area contributed by atoms with Crippen molar-refractivity contribution in [3.8, 4) is 0 Å². The summed E-state index contributed by atoms with van der Waals surface area (Å²) in [5.41, 5.74) is 1.01. The maximum absolute atomic E-state index is 10.00. The molecule has 0 bridgehead atoms. The molecule has 6 heteroatoms. The molecule has 0 unspecified atom stereocenters. The fraction of sp³-hybridized carbons (Fsp3) is 0.600. The van der Waals surface area contributed by atoms with Gasteiger partial charge in [0.1, 0.15) is 6.10 Å². The summed E-state index contributed by atoms with van der Waals surface area (Å²) in [4.78, 5) is 0. The summed E-state index contributed by atoms with van der Waals surface area (Å²) in [6, 6.07) is 4.95. The van der Waals surface area contributed by atoms with Crippen molar-refractivity contribution in [2.24, 2.45) is 0 Å². The van der Waals surface area contributed by atoms with E-state index in [0.717, 1.165) is 18.4 Å². The van der Waals surface area contributed by atoms with Crippen LogP contribution in [-0.2, 0) is 6.42 Å². The molecule has 1 fully saturated rings. The van der Waals surface area contributed by atoms with Crippen molar-refractivity contribution in [1.82, 2.24) is 5.32 Å². The third-order valence-electron chi connectivity index (χ3n) is 4.08. The predicted octanol–water partition coefficient (Wildman–Crippen LogP) is 1.76. The van der Waals surface area contributed by atoms with Gasteiger partial charge in [-0.3, -0.25) is 0 Å². The lowest BCUT2D eigenvalue weighted by Crippen LogP contribution is -2.63. The molecule has 21 heavy (non-hydrogen) atoms. The second kappa shape index (κ2) is 7.27. The van der Waals surface area contributed by atoms with Crippen molar-refractivity contribution in [1.29, 1.82) is 0 Å². The molecule has 5 atom stereocenters. The molecule has 1 aromatic rings. The highest BCUT2D eigenvalue weighted by atomic mass is 35.5. The van der Waals surface area contributed by atoms with Gasteiger partial charge in [0.05, 0.1) is 12.2 Å². The molecule has 1 saturated heterocycles. The Balaban J connectivity index is 1.88. The number of hydrogen-bond donors (Lipinski definition) is 4. The summed E-state index contributed by atoms with van der Waals surface area (Å²) in [6.07, 6.45) is -0.738. The summed E-state index contributed by atoms with van der Waals surface area (Å²) in [5.74, 6) is 0. The van der Waals surface area contributed by atoms with Crippen LogP contribution in [0.15, 0.2) is 18.2 Å². The molecule has 0 spiro atoms. The lowest BCUT2D eigenvalue weighted by atomic mass is 9.88. The highest BCUT2D eigenvalue weighted by Crippen LogP contribution is 2.24. The van der Waals surface area contributed by atoms with E-state index in [0.29, 0.717) is 16.5 Å². The van der Waals surface area contributed by atoms with E-state index in [1.54, 1.807) is 19.1 Å². The van der Waals surface area contributed by atoms with Gasteiger partial charge in [0.25, 0.3) is 0 Å². The van der Waals surface area contributed by atoms with Crippen LogP contribution in [0, 0.1) is 0 Å². The normalized spacial score (nSPS) is 33.1. The van der Waals surface area contributed by atoms with Crippen molar-refractivity contribution in [2.75, 3.05) is 0 Å². The summed E-state index contributed by atoms with van der Waals surface area (Å²) in [7, 11) is 0. The zero-order valence-corrected chi connectivity index (χ0v) is 13.3. The zero-order chi connectivity index (χ0) is 15.6. The molecule has 0 aliphatic carbocycles. The standard InChI is InChI=1S/C15H21Cl2NO3/c1-8-13(19)15(21)14(20)12(18-8)4-2-3-9-5-6-10(16)7-11(9)17/h5-8,12-15,18-21H,2-4H2,1H3/t8-,12+,13+,14+,15+/m0/s1. The first-order valence-corrected chi connectivity index (χ1v) is 7.90. The number of aliphatic hydroxyl groups excluding tert-OH is 3. The number of aryl methyl sites for hydroxylation is 1. The van der Waals surface area contributed by atoms with E-state index >= 15 is 0 Å². The number of piperidine rings is 1. The number of benzene rings is 1. The Hall–Kier alpha value is -0.360. The molecular weight excluding hydrogens is 313 g/mol. The molecular formula is C15H21Cl2NO3. The van der Waals surface area contributed by atoms with Crippen LogP contribution in [0.3, 0.4) is 0 Å². The Bertz CT molecular complexity index is 486. The summed E-state index contributed by atoms with van der Waals surface area (Å²) >= 11 is 12.0. The van der Waals surface area contributed by atoms with Crippen molar-refractivity contribution in [3.63, 3.8) is 0 Å². The number of rotatable bonds is 4. The van der Waals surface area contributed by atoms with Crippen molar-refractivity contribution in [2.45, 2.75) is 56.6 Å². The fourth-order valence-corrected chi connectivity index (χ4v) is 3.26. The Kier molecular flexibility index (Phi) is 5.88. The Morgan fingerprint density at radius 2 is 1.81 bits per heavy atom. The average Bonchev–Trinajstić information content (AvgIpc) is 2.44. The van der Waals surface area contributed by atoms with E-state index in [1.807, 2.05) is 6.07 Å². The van der Waals surface area contributed by atoms with Gasteiger partial charge in [-0.05, 0) is 43.9 Å². The van der Waals surface area contributed by atoms with Crippen LogP contribution < -0.4 is 5.32 Å². The van der Waals surface area contributed by atoms with Gasteiger partial charge in [0, 0.05) is 22.1 Å². The van der Waals surface area contributed by atoms with Gasteiger partial charge in [0.15, 0.2) is 0 Å². The maximum Gasteiger partial charge on any atom is 0.109 e. The first-order chi connectivity index (χ1) is 9.90. The second-order valence-corrected chi connectivity index (χ2v) is 6.51. The van der Waals surface area contributed by atoms with Crippen LogP contribution in [-0.4, -0.2) is 45.7 Å². The van der Waals surface area contributed by atoms with E-state index < -0.39 is 18.3 Å². The Labute approximate surface area is 134 Å². The van der Waals surface area contributed by atoms with Gasteiger partial charge in [-0.1, -0.05) is 29.3 Å². The van der Waals surface area contributed by atoms with E-state index in [4.69, 9.17) is 23.2 Å². The quantitative estimate of drug-likeness (QED) is 0.677. The molecule has 1 aliphatic rings. The average molecular weight is 334 g/mol. The zero-order valence-electron chi connectivity index (χ0n) is 11.8. The van der Waals surface area contributed by atoms with Crippen molar-refractivity contribution < 1.29 is 15.3 Å². The third-order valence-corrected chi connectivity index (χ3v) is 4.66. The van der Waals surface area contributed by atoms with Crippen LogP contribution in [0.4, 0.5) is 0 Å². The smallest absolute Gasteiger partial charge is 0.109 e. The first-order valence-electron chi connectivity index (χ1n) is 7.14. The second-order valence-electron chi connectivity index (χ2n) is 5.66. The third kappa shape index (κ3) is 4.09. The Morgan fingerprint density at radius 3 is 2.48 bits per heavy atom. The summed E-state index contributed by atoms with van der Waals surface area (Å²) in [5, 5.41) is 33.9. The van der Waals surface area contributed by atoms with E-state index in [1.165, 1.54) is 0 Å². The van der Waals surface area contributed by atoms with Crippen LogP contribution in [0.1, 0.15) is 25.3 Å². The summed E-state index contributed by atoms with van der Waals surface area (Å²) < 4.78 is 0. The topological polar surface area (TPSA) is 72.7 Å². The number of nitrogens with one attached hydrogen (secondary N) is 1. The van der Waals surface area contributed by atoms with Gasteiger partial charge in [-0.25, -0.2) is 0 Å². The Morgan fingerprint density at radius 1 is 1.10 bits per heavy atom. The monoisotopic (exact) mass is 333 g/mol. The molecule has 2 rings (SSSR count). The minimum absolute atomic E-state index is 0.232. The lowest BCUT2D eigenvalue weighted by Gasteiger charge is -2.40. The maximum atomic E-state index is 10.00. The molecule has 0 aromatic heterocycles. The van der Waals surface area contributed by atoms with E-state index in [2.05, 4.69) is 5.32 Å². The predicted molar refractivity (Wildman–Crippen MR) is 83.8 cm³/mol. The minimum atomic E-state index is -1.11. The number of hydrogen-bond acceptors (Lipinski definition) is 4. The van der Waals surface area contributed by atoms with Gasteiger partial charge >= 0.3 is 0 Å². The van der Waals surface area contributed by atoms with Crippen LogP contribution >= 0.6 is 23.2 Å². The van der Waals surface area contributed by atoms with Gasteiger partial charge in [-0.15, -0.1) is 0 Å². The summed E-state index contributed by atoms with van der Waals surface area (Å²) in [6.45, 7) is 1.79. The van der Waals surface area contributed by atoms with Crippen molar-refractivity contribution in [3.05, 3.63) is 33.8 Å². The van der Waals surface area contributed by atoms with Crippen molar-refractivity contribution >= 4 is 23.2 Å². The highest BCUT2D eigenvalue weighted by Gasteiger charge is 2.39. The molecule has 1 heterocycles. The lowest BCUT2D eigenvalue weighted by molar-refractivity contribution is -0.111. The van der Waals surface area contributed by atoms with E-state index in [9.17, 15) is 15.3 Å². The van der Waals surface area contributed by atoms with Gasteiger partial charge in [0.2, 0.25) is 0 Å². The molecule has 1 aliphatic heterocycles. The fourth-order valence-electron chi connectivity index (χ4n) is 2.76. The van der Waals surface area contributed by atoms with E-state index in [-0.39, 0.29) is 12.1 Å². The van der Waals surface area contributed by atoms with Gasteiger partial charge < -0.3 is 20.6 Å². The number of aliphatic hydroxyl groups is 3. The molecule has 118 valence electrons. The molecule has 4 N–H and O–H groups in total. The molecule has 1 aromatic carbocycles. The first kappa shape index (κ1) is 17.0. The molecule has 0 amide bonds. The molecule has 4 nitrogen and oxygen atoms in total. The minimum Gasteiger partial charge on any atom is -0.389 e. The number of halogens is 2. The van der Waals surface area contributed by atoms with Crippen LogP contribution in [0.2, 0.25) is 10.0 Å². The van der Waals surface area contributed by atoms with Crippen LogP contribution in [0.25, 0.3) is 0 Å². The molecule has 0 saturated carbocycles.